The van der Waals surface area contributed by atoms with Crippen molar-refractivity contribution in [3.8, 4) is 0 Å². The van der Waals surface area contributed by atoms with E-state index in [-0.39, 0.29) is 124 Å². The van der Waals surface area contributed by atoms with E-state index in [0.29, 0.717) is 9.76 Å². The van der Waals surface area contributed by atoms with Crippen LogP contribution < -0.4 is 29.6 Å². The molecular weight excluding hydrogens is 1530 g/mol. The molecule has 0 unspecified atom stereocenters. The molecule has 1 radical (unpaired) electrons. The van der Waals surface area contributed by atoms with Crippen molar-refractivity contribution in [2.75, 3.05) is 24.2 Å². The van der Waals surface area contributed by atoms with Gasteiger partial charge in [0.1, 0.15) is 59.8 Å². The number of rotatable bonds is 10. The van der Waals surface area contributed by atoms with Crippen LogP contribution in [0.15, 0.2) is 70.7 Å². The molecule has 0 amide bonds. The molecule has 0 aliphatic carbocycles. The van der Waals surface area contributed by atoms with Gasteiger partial charge in [0.25, 0.3) is 5.92 Å². The van der Waals surface area contributed by atoms with Crippen LogP contribution in [0.5, 0.6) is 0 Å². The maximum absolute atomic E-state index is 13.2. The number of aliphatic hydroxyl groups excluding tert-OH is 1. The molecule has 16 nitrogen and oxygen atoms in total. The molecule has 0 aliphatic heterocycles. The van der Waals surface area contributed by atoms with Crippen LogP contribution in [-0.4, -0.2) is 101 Å². The molecule has 5 aromatic rings. The molecule has 2 N–H and O–H groups in total. The summed E-state index contributed by atoms with van der Waals surface area (Å²) in [5, 5.41) is 9.06. The number of hydrogen-bond donors (Lipinski definition) is 1. The molecule has 0 fully saturated rings. The molecular formula is C37H39Br2Cl5CuF9I2N10NaO6. The zero-order valence-electron chi connectivity index (χ0n) is 34.8. The van der Waals surface area contributed by atoms with Crippen molar-refractivity contribution in [2.45, 2.75) is 58.7 Å². The third kappa shape index (κ3) is 35.7. The van der Waals surface area contributed by atoms with Crippen LogP contribution in [0.2, 0.25) is 25.8 Å². The average molecular weight is 1570 g/mol. The fraction of sp³-hybridized carbons (Fsp3) is 0.351. The number of ether oxygens (including phenoxy) is 2. The molecule has 0 atom stereocenters. The average Bonchev–Trinajstić information content (AvgIpc) is 3.29. The summed E-state index contributed by atoms with van der Waals surface area (Å²) in [6.45, 7) is 1.43. The Labute approximate surface area is 515 Å². The molecule has 73 heavy (non-hydrogen) atoms. The van der Waals surface area contributed by atoms with Crippen molar-refractivity contribution in [3.05, 3.63) is 119 Å². The monoisotopic (exact) mass is 1560 g/mol. The summed E-state index contributed by atoms with van der Waals surface area (Å²) in [6, 6.07) is 0. The molecule has 0 aromatic carbocycles. The predicted octanol–water partition coefficient (Wildman–Crippen LogP) is 10.7. The molecule has 5 aromatic heterocycles. The number of carbonyl (C=O) groups is 2. The number of carbonyl (C=O) groups excluding carboxylic acids is 2. The third-order valence-corrected chi connectivity index (χ3v) is 9.10. The van der Waals surface area contributed by atoms with Crippen LogP contribution in [0.25, 0.3) is 5.83 Å². The Morgan fingerprint density at radius 2 is 0.959 bits per heavy atom. The first-order chi connectivity index (χ1) is 31.1. The van der Waals surface area contributed by atoms with Gasteiger partial charge in [-0.25, -0.2) is 53.9 Å². The predicted molar refractivity (Wildman–Crippen MR) is 273 cm³/mol. The molecule has 0 saturated carbocycles. The fourth-order valence-corrected chi connectivity index (χ4v) is 4.47. The summed E-state index contributed by atoms with van der Waals surface area (Å²) in [7, 11) is 0. The van der Waals surface area contributed by atoms with E-state index < -0.39 is 58.4 Å². The SMILES string of the molecule is C.C.C.CCOC(=O)C(F)(F)Br.CCOC(=O)C(F)(F)c1cnc(Cl)cn1.Clc1cnc(Br)cn1.F/C(=C\I)c1cnc(Cl)cn1.FC(F)(CI)c1cnc(Cl)cn1.OCC(F)(F)c1cnc(Cl)cn1.[Cu].[Na+].[OH-]. The van der Waals surface area contributed by atoms with Gasteiger partial charge in [0.2, 0.25) is 0 Å². The van der Waals surface area contributed by atoms with Crippen LogP contribution in [-0.2, 0) is 53.9 Å². The van der Waals surface area contributed by atoms with E-state index in [2.05, 4.69) is 75.2 Å². The summed E-state index contributed by atoms with van der Waals surface area (Å²) < 4.78 is 123. The quantitative estimate of drug-likeness (QED) is 0.0450. The van der Waals surface area contributed by atoms with Crippen molar-refractivity contribution in [1.82, 2.24) is 49.8 Å². The Bertz CT molecular complexity index is 2210. The van der Waals surface area contributed by atoms with Gasteiger partial charge in [-0.3, -0.25) is 9.97 Å². The van der Waals surface area contributed by atoms with Crippen LogP contribution in [0.4, 0.5) is 39.5 Å². The maximum Gasteiger partial charge on any atom is 1.00 e. The Balaban J connectivity index is -0.000000142. The number of aliphatic hydroxyl groups is 1. The van der Waals surface area contributed by atoms with Gasteiger partial charge in [-0.05, 0) is 52.4 Å². The summed E-state index contributed by atoms with van der Waals surface area (Å²) in [5.41, 5.74) is -1.52. The Morgan fingerprint density at radius 3 is 1.22 bits per heavy atom. The Morgan fingerprint density at radius 1 is 0.616 bits per heavy atom. The topological polar surface area (TPSA) is 232 Å². The minimum Gasteiger partial charge on any atom is -0.870 e. The first kappa shape index (κ1) is 85.7. The van der Waals surface area contributed by atoms with E-state index in [9.17, 15) is 49.1 Å². The van der Waals surface area contributed by atoms with E-state index >= 15 is 0 Å². The number of alkyl halides is 10. The first-order valence-electron chi connectivity index (χ1n) is 16.8. The number of esters is 2. The van der Waals surface area contributed by atoms with Gasteiger partial charge in [0.05, 0.1) is 79.6 Å². The molecule has 0 spiro atoms. The van der Waals surface area contributed by atoms with E-state index in [4.69, 9.17) is 63.1 Å². The second kappa shape index (κ2) is 43.7. The minimum absolute atomic E-state index is 0. The van der Waals surface area contributed by atoms with Crippen molar-refractivity contribution in [3.63, 3.8) is 0 Å². The maximum atomic E-state index is 13.2. The van der Waals surface area contributed by atoms with Crippen molar-refractivity contribution in [2.24, 2.45) is 0 Å². The normalized spacial score (nSPS) is 10.3. The molecule has 5 heterocycles. The van der Waals surface area contributed by atoms with Gasteiger partial charge >= 0.3 is 58.2 Å². The number of aromatic nitrogens is 10. The van der Waals surface area contributed by atoms with Crippen LogP contribution in [0.1, 0.15) is 58.9 Å². The van der Waals surface area contributed by atoms with Crippen LogP contribution in [0, 0.1) is 0 Å². The standard InChI is InChI=1S/C8H7ClF2N2O2.C6H4ClF2IN2.C6H5ClF2N2O.C6H3ClFIN2.C4H2BrClN2.C4H5BrF2O2.3CH4.Cu.Na.H2O/c1-2-15-7(14)8(10,11)5-3-13-6(9)4-12-5;7-5-2-11-4(1-12-5)6(8,9)3-10;7-5-2-10-4(1-11-5)6(8,9)3-12;7-6-3-10-5(2-11-6)4(8)1-9;5-3-1-8-4(6)2-7-3;1-2-9-3(8)4(5,6)7;;;;;;/h3-4H,2H2,1H3;1-2H,3H2;1-2,12H,3H2;1-3H;1-2H;2H2,1H3;3*1H4;;;1H2/q;;;;;;;;;;+1;/p-1/b;;;4-1-;;;;;;;;. The Kier molecular flexibility index (Phi) is 51.3. The summed E-state index contributed by atoms with van der Waals surface area (Å²) >= 11 is 35.3. The summed E-state index contributed by atoms with van der Waals surface area (Å²) in [5.74, 6) is -13.7. The van der Waals surface area contributed by atoms with Gasteiger partial charge in [0.15, 0.2) is 5.83 Å². The van der Waals surface area contributed by atoms with E-state index in [1.165, 1.54) is 36.5 Å². The summed E-state index contributed by atoms with van der Waals surface area (Å²) in [6.07, 6.45) is 11.2. The van der Waals surface area contributed by atoms with E-state index in [1.807, 2.05) is 15.9 Å². The molecule has 0 aliphatic rings. The molecule has 0 bridgehead atoms. The summed E-state index contributed by atoms with van der Waals surface area (Å²) in [4.78, 5) is 52.7. The number of nitrogens with zero attached hydrogens (tertiary/aromatic N) is 10. The molecule has 411 valence electrons. The Hall–Kier alpha value is -1.24. The smallest absolute Gasteiger partial charge is 0.870 e. The van der Waals surface area contributed by atoms with Gasteiger partial charge in [-0.1, -0.05) is 103 Å². The number of halogens is 18. The number of hydrogen-bond acceptors (Lipinski definition) is 16. The van der Waals surface area contributed by atoms with Crippen molar-refractivity contribution in [1.29, 1.82) is 0 Å². The van der Waals surface area contributed by atoms with E-state index in [0.717, 1.165) is 37.2 Å². The second-order valence-corrected chi connectivity index (χ2v) is 15.9. The second-order valence-electron chi connectivity index (χ2n) is 10.7. The van der Waals surface area contributed by atoms with Gasteiger partial charge in [0, 0.05) is 37.1 Å². The molecule has 0 saturated heterocycles. The van der Waals surface area contributed by atoms with Gasteiger partial charge in [-0.15, -0.1) is 0 Å². The first-order valence-corrected chi connectivity index (χ1v) is 23.1. The zero-order valence-corrected chi connectivity index (χ0v) is 49.0. The third-order valence-electron chi connectivity index (χ3n) is 5.89. The zero-order chi connectivity index (χ0) is 51.6. The van der Waals surface area contributed by atoms with Crippen LogP contribution in [0.3, 0.4) is 0 Å². The van der Waals surface area contributed by atoms with Crippen molar-refractivity contribution >= 4 is 153 Å². The van der Waals surface area contributed by atoms with Crippen LogP contribution >= 0.6 is 135 Å². The molecule has 5 rings (SSSR count). The largest absolute Gasteiger partial charge is 1.00 e. The van der Waals surface area contributed by atoms with E-state index in [1.54, 1.807) is 51.4 Å². The van der Waals surface area contributed by atoms with Gasteiger partial charge < -0.3 is 20.1 Å². The fourth-order valence-electron chi connectivity index (χ4n) is 2.95. The van der Waals surface area contributed by atoms with Crippen molar-refractivity contribution < 1.29 is 116 Å². The minimum atomic E-state index is -3.80. The van der Waals surface area contributed by atoms with Gasteiger partial charge in [-0.2, -0.15) is 35.1 Å². The molecule has 36 heteroatoms.